The monoisotopic (exact) mass is 265 g/mol. The molecule has 1 aromatic rings. The molecule has 0 aliphatic heterocycles. The average Bonchev–Trinajstić information content (AvgIpc) is 2.35. The van der Waals surface area contributed by atoms with Gasteiger partial charge in [0.1, 0.15) is 5.75 Å². The van der Waals surface area contributed by atoms with E-state index >= 15 is 0 Å². The largest absolute Gasteiger partial charge is 0.491 e. The molecule has 0 bridgehead atoms. The van der Waals surface area contributed by atoms with E-state index < -0.39 is 0 Å². The first-order valence-electron chi connectivity index (χ1n) is 7.10. The first kappa shape index (κ1) is 16.0. The minimum absolute atomic E-state index is 0.209. The van der Waals surface area contributed by atoms with Gasteiger partial charge in [0.25, 0.3) is 0 Å². The van der Waals surface area contributed by atoms with Gasteiger partial charge in [-0.05, 0) is 43.4 Å². The van der Waals surface area contributed by atoms with E-state index in [0.29, 0.717) is 11.8 Å². The number of aliphatic hydroxyl groups excluding tert-OH is 1. The summed E-state index contributed by atoms with van der Waals surface area (Å²) in [5, 5.41) is 12.7. The normalized spacial score (nSPS) is 13.0. The maximum absolute atomic E-state index is 9.26. The molecule has 1 atom stereocenters. The van der Waals surface area contributed by atoms with Gasteiger partial charge in [0.15, 0.2) is 0 Å². The Bertz CT molecular complexity index is 346. The highest BCUT2D eigenvalue weighted by Crippen LogP contribution is 2.14. The predicted octanol–water partition coefficient (Wildman–Crippen LogP) is 2.83. The summed E-state index contributed by atoms with van der Waals surface area (Å²) in [5.74, 6) is 1.73. The second kappa shape index (κ2) is 8.18. The van der Waals surface area contributed by atoms with E-state index in [2.05, 4.69) is 31.3 Å². The quantitative estimate of drug-likeness (QED) is 0.759. The summed E-state index contributed by atoms with van der Waals surface area (Å²) in [6.07, 6.45) is 0.209. The van der Waals surface area contributed by atoms with Crippen molar-refractivity contribution in [2.24, 2.45) is 11.8 Å². The molecular formula is C16H27NO2. The first-order valence-corrected chi connectivity index (χ1v) is 7.10. The number of benzene rings is 1. The predicted molar refractivity (Wildman–Crippen MR) is 79.3 cm³/mol. The second-order valence-corrected chi connectivity index (χ2v) is 5.63. The Morgan fingerprint density at radius 3 is 2.21 bits per heavy atom. The second-order valence-electron chi connectivity index (χ2n) is 5.63. The molecule has 0 saturated heterocycles. The number of aliphatic hydroxyl groups is 1. The molecule has 0 spiro atoms. The Balaban J connectivity index is 2.37. The lowest BCUT2D eigenvalue weighted by atomic mass is 9.97. The van der Waals surface area contributed by atoms with Crippen molar-refractivity contribution in [2.45, 2.75) is 40.3 Å². The molecule has 0 aromatic heterocycles. The smallest absolute Gasteiger partial charge is 0.119 e. The van der Waals surface area contributed by atoms with E-state index in [0.717, 1.165) is 18.8 Å². The van der Waals surface area contributed by atoms with Crippen LogP contribution in [0, 0.1) is 11.8 Å². The van der Waals surface area contributed by atoms with Crippen molar-refractivity contribution >= 4 is 0 Å². The fourth-order valence-electron chi connectivity index (χ4n) is 1.87. The summed E-state index contributed by atoms with van der Waals surface area (Å²) in [5.41, 5.74) is 1.23. The number of hydrogen-bond donors (Lipinski definition) is 2. The lowest BCUT2D eigenvalue weighted by molar-refractivity contribution is 0.186. The minimum Gasteiger partial charge on any atom is -0.491 e. The molecule has 108 valence electrons. The molecule has 19 heavy (non-hydrogen) atoms. The zero-order chi connectivity index (χ0) is 14.3. The van der Waals surface area contributed by atoms with E-state index in [1.54, 1.807) is 0 Å². The van der Waals surface area contributed by atoms with Crippen molar-refractivity contribution in [1.29, 1.82) is 0 Å². The Morgan fingerprint density at radius 1 is 1.11 bits per heavy atom. The third-order valence-corrected chi connectivity index (χ3v) is 3.21. The average molecular weight is 265 g/mol. The van der Waals surface area contributed by atoms with Gasteiger partial charge in [-0.3, -0.25) is 0 Å². The van der Waals surface area contributed by atoms with Gasteiger partial charge in [-0.15, -0.1) is 0 Å². The third kappa shape index (κ3) is 6.08. The van der Waals surface area contributed by atoms with Crippen LogP contribution in [0.1, 0.15) is 33.3 Å². The van der Waals surface area contributed by atoms with Crippen molar-refractivity contribution in [3.8, 4) is 5.75 Å². The highest BCUT2D eigenvalue weighted by atomic mass is 16.5. The first-order chi connectivity index (χ1) is 9.02. The molecule has 1 rings (SSSR count). The Kier molecular flexibility index (Phi) is 6.89. The Hall–Kier alpha value is -1.06. The number of ether oxygens (including phenoxy) is 1. The summed E-state index contributed by atoms with van der Waals surface area (Å²) < 4.78 is 5.61. The van der Waals surface area contributed by atoms with Crippen molar-refractivity contribution in [3.05, 3.63) is 29.8 Å². The summed E-state index contributed by atoms with van der Waals surface area (Å²) in [6, 6.07) is 8.16. The number of hydrogen-bond acceptors (Lipinski definition) is 3. The van der Waals surface area contributed by atoms with Crippen molar-refractivity contribution in [3.63, 3.8) is 0 Å². The SMILES string of the molecule is CC(C)Oc1ccc(CNCC(CO)C(C)C)cc1. The topological polar surface area (TPSA) is 41.5 Å². The lowest BCUT2D eigenvalue weighted by Crippen LogP contribution is -2.28. The highest BCUT2D eigenvalue weighted by molar-refractivity contribution is 5.27. The van der Waals surface area contributed by atoms with Gasteiger partial charge in [0, 0.05) is 19.7 Å². The molecule has 3 heteroatoms. The molecular weight excluding hydrogens is 238 g/mol. The fourth-order valence-corrected chi connectivity index (χ4v) is 1.87. The standard InChI is InChI=1S/C16H27NO2/c1-12(2)15(11-18)10-17-9-14-5-7-16(8-6-14)19-13(3)4/h5-8,12-13,15,17-18H,9-11H2,1-4H3. The van der Waals surface area contributed by atoms with Crippen LogP contribution < -0.4 is 10.1 Å². The zero-order valence-electron chi connectivity index (χ0n) is 12.5. The van der Waals surface area contributed by atoms with Gasteiger partial charge < -0.3 is 15.2 Å². The van der Waals surface area contributed by atoms with Crippen LogP contribution in [-0.4, -0.2) is 24.4 Å². The molecule has 1 aromatic carbocycles. The highest BCUT2D eigenvalue weighted by Gasteiger charge is 2.11. The van der Waals surface area contributed by atoms with Gasteiger partial charge >= 0.3 is 0 Å². The Labute approximate surface area is 117 Å². The Morgan fingerprint density at radius 2 is 1.74 bits per heavy atom. The third-order valence-electron chi connectivity index (χ3n) is 3.21. The van der Waals surface area contributed by atoms with Crippen LogP contribution in [0.2, 0.25) is 0 Å². The fraction of sp³-hybridized carbons (Fsp3) is 0.625. The maximum atomic E-state index is 9.26. The number of nitrogens with one attached hydrogen (secondary N) is 1. The van der Waals surface area contributed by atoms with Crippen LogP contribution >= 0.6 is 0 Å². The molecule has 0 saturated carbocycles. The van der Waals surface area contributed by atoms with Crippen molar-refractivity contribution < 1.29 is 9.84 Å². The molecule has 0 heterocycles. The molecule has 0 aliphatic rings. The maximum Gasteiger partial charge on any atom is 0.119 e. The van der Waals surface area contributed by atoms with Crippen LogP contribution in [0.15, 0.2) is 24.3 Å². The minimum atomic E-state index is 0.209. The van der Waals surface area contributed by atoms with E-state index in [1.165, 1.54) is 5.56 Å². The lowest BCUT2D eigenvalue weighted by Gasteiger charge is -2.18. The molecule has 1 unspecified atom stereocenters. The summed E-state index contributed by atoms with van der Waals surface area (Å²) >= 11 is 0. The summed E-state index contributed by atoms with van der Waals surface area (Å²) in [7, 11) is 0. The molecule has 0 fully saturated rings. The van der Waals surface area contributed by atoms with Crippen molar-refractivity contribution in [2.75, 3.05) is 13.2 Å². The van der Waals surface area contributed by atoms with E-state index in [1.807, 2.05) is 26.0 Å². The van der Waals surface area contributed by atoms with Crippen LogP contribution in [0.3, 0.4) is 0 Å². The summed E-state index contributed by atoms with van der Waals surface area (Å²) in [4.78, 5) is 0. The van der Waals surface area contributed by atoms with Crippen LogP contribution in [0.25, 0.3) is 0 Å². The van der Waals surface area contributed by atoms with E-state index in [9.17, 15) is 5.11 Å². The van der Waals surface area contributed by atoms with Crippen LogP contribution in [0.4, 0.5) is 0 Å². The molecule has 2 N–H and O–H groups in total. The number of rotatable bonds is 8. The van der Waals surface area contributed by atoms with Gasteiger partial charge in [-0.25, -0.2) is 0 Å². The summed E-state index contributed by atoms with van der Waals surface area (Å²) in [6.45, 7) is 10.2. The van der Waals surface area contributed by atoms with E-state index in [4.69, 9.17) is 4.74 Å². The van der Waals surface area contributed by atoms with Gasteiger partial charge in [-0.2, -0.15) is 0 Å². The zero-order valence-corrected chi connectivity index (χ0v) is 12.5. The molecule has 0 aliphatic carbocycles. The van der Waals surface area contributed by atoms with Crippen LogP contribution in [0.5, 0.6) is 5.75 Å². The molecule has 0 radical (unpaired) electrons. The van der Waals surface area contributed by atoms with Crippen LogP contribution in [-0.2, 0) is 6.54 Å². The van der Waals surface area contributed by atoms with E-state index in [-0.39, 0.29) is 12.7 Å². The van der Waals surface area contributed by atoms with Gasteiger partial charge in [-0.1, -0.05) is 26.0 Å². The van der Waals surface area contributed by atoms with Gasteiger partial charge in [0.05, 0.1) is 6.10 Å². The molecule has 0 amide bonds. The van der Waals surface area contributed by atoms with Gasteiger partial charge in [0.2, 0.25) is 0 Å². The molecule has 3 nitrogen and oxygen atoms in total. The van der Waals surface area contributed by atoms with Crippen molar-refractivity contribution in [1.82, 2.24) is 5.32 Å².